The molecule has 0 amide bonds. The summed E-state index contributed by atoms with van der Waals surface area (Å²) in [5, 5.41) is 8.47. The number of hydrogen-bond acceptors (Lipinski definition) is 2. The van der Waals surface area contributed by atoms with Crippen molar-refractivity contribution in [3.05, 3.63) is 0 Å². The number of likely N-dealkylation sites (tertiary alicyclic amines) is 1. The van der Waals surface area contributed by atoms with E-state index in [0.29, 0.717) is 6.61 Å². The lowest BCUT2D eigenvalue weighted by molar-refractivity contribution is 0.103. The van der Waals surface area contributed by atoms with Crippen LogP contribution in [0.1, 0.15) is 13.3 Å². The van der Waals surface area contributed by atoms with Crippen LogP contribution in [0.5, 0.6) is 0 Å². The van der Waals surface area contributed by atoms with Crippen LogP contribution in [-0.2, 0) is 0 Å². The number of aliphatic hydroxyl groups excluding tert-OH is 1. The van der Waals surface area contributed by atoms with E-state index in [0.717, 1.165) is 18.9 Å². The molecule has 2 nitrogen and oxygen atoms in total. The summed E-state index contributed by atoms with van der Waals surface area (Å²) in [6.07, 6.45) is 0.937. The maximum Gasteiger partial charge on any atom is 0.0443 e. The summed E-state index contributed by atoms with van der Waals surface area (Å²) < 4.78 is 0. The van der Waals surface area contributed by atoms with E-state index in [2.05, 4.69) is 11.8 Å². The molecular formula is C7H15NO. The van der Waals surface area contributed by atoms with Gasteiger partial charge >= 0.3 is 0 Å². The average molecular weight is 129 g/mol. The van der Waals surface area contributed by atoms with Gasteiger partial charge in [-0.1, -0.05) is 6.92 Å². The first kappa shape index (κ1) is 7.03. The third-order valence-electron chi connectivity index (χ3n) is 1.77. The molecule has 1 heterocycles. The van der Waals surface area contributed by atoms with E-state index in [9.17, 15) is 0 Å². The van der Waals surface area contributed by atoms with E-state index in [1.807, 2.05) is 0 Å². The van der Waals surface area contributed by atoms with Crippen LogP contribution in [0.2, 0.25) is 0 Å². The summed E-state index contributed by atoms with van der Waals surface area (Å²) in [6.45, 7) is 6.15. The minimum absolute atomic E-state index is 0.338. The zero-order chi connectivity index (χ0) is 6.69. The highest BCUT2D eigenvalue weighted by molar-refractivity contribution is 4.75. The molecule has 1 aliphatic rings. The Morgan fingerprint density at radius 2 is 2.22 bits per heavy atom. The Balaban J connectivity index is 1.91. The predicted octanol–water partition coefficient (Wildman–Crippen LogP) is 0.321. The first-order valence-electron chi connectivity index (χ1n) is 3.66. The van der Waals surface area contributed by atoms with Gasteiger partial charge in [0.05, 0.1) is 0 Å². The average Bonchev–Trinajstić information content (AvgIpc) is 1.78. The molecule has 0 unspecified atom stereocenters. The van der Waals surface area contributed by atoms with Crippen LogP contribution in [0.25, 0.3) is 0 Å². The van der Waals surface area contributed by atoms with E-state index < -0.39 is 0 Å². The molecule has 1 N–H and O–H groups in total. The zero-order valence-corrected chi connectivity index (χ0v) is 6.01. The molecular weight excluding hydrogens is 114 g/mol. The number of aliphatic hydroxyl groups is 1. The summed E-state index contributed by atoms with van der Waals surface area (Å²) in [6, 6.07) is 0. The monoisotopic (exact) mass is 129 g/mol. The van der Waals surface area contributed by atoms with Gasteiger partial charge in [0.1, 0.15) is 0 Å². The van der Waals surface area contributed by atoms with Gasteiger partial charge in [-0.15, -0.1) is 0 Å². The molecule has 1 aliphatic heterocycles. The van der Waals surface area contributed by atoms with Crippen molar-refractivity contribution in [2.75, 3.05) is 26.2 Å². The predicted molar refractivity (Wildman–Crippen MR) is 37.3 cm³/mol. The Morgan fingerprint density at radius 3 is 2.67 bits per heavy atom. The van der Waals surface area contributed by atoms with Gasteiger partial charge in [-0.2, -0.15) is 0 Å². The Labute approximate surface area is 56.5 Å². The summed E-state index contributed by atoms with van der Waals surface area (Å²) in [5.41, 5.74) is 0. The molecule has 0 aliphatic carbocycles. The van der Waals surface area contributed by atoms with E-state index in [1.54, 1.807) is 0 Å². The molecule has 9 heavy (non-hydrogen) atoms. The van der Waals surface area contributed by atoms with E-state index >= 15 is 0 Å². The summed E-state index contributed by atoms with van der Waals surface area (Å²) in [4.78, 5) is 2.38. The SMILES string of the molecule is CC1CN(CCCO)C1. The van der Waals surface area contributed by atoms with Crippen LogP contribution in [0.4, 0.5) is 0 Å². The van der Waals surface area contributed by atoms with Gasteiger partial charge in [0.2, 0.25) is 0 Å². The van der Waals surface area contributed by atoms with Crippen molar-refractivity contribution in [2.24, 2.45) is 5.92 Å². The fraction of sp³-hybridized carbons (Fsp3) is 1.00. The normalized spacial score (nSPS) is 22.0. The van der Waals surface area contributed by atoms with Crippen LogP contribution in [0.15, 0.2) is 0 Å². The standard InChI is InChI=1S/C7H15NO/c1-7-5-8(6-7)3-2-4-9/h7,9H,2-6H2,1H3. The highest BCUT2D eigenvalue weighted by Gasteiger charge is 2.20. The third-order valence-corrected chi connectivity index (χ3v) is 1.77. The van der Waals surface area contributed by atoms with Crippen molar-refractivity contribution < 1.29 is 5.11 Å². The molecule has 0 aromatic carbocycles. The number of nitrogens with zero attached hydrogens (tertiary/aromatic N) is 1. The molecule has 1 rings (SSSR count). The first-order chi connectivity index (χ1) is 4.33. The Hall–Kier alpha value is -0.0800. The van der Waals surface area contributed by atoms with Crippen LogP contribution in [0, 0.1) is 5.92 Å². The number of rotatable bonds is 3. The number of hydrogen-bond donors (Lipinski definition) is 1. The lowest BCUT2D eigenvalue weighted by Gasteiger charge is -2.36. The molecule has 0 saturated carbocycles. The second-order valence-corrected chi connectivity index (χ2v) is 2.94. The highest BCUT2D eigenvalue weighted by atomic mass is 16.3. The van der Waals surface area contributed by atoms with Gasteiger partial charge in [-0.3, -0.25) is 0 Å². The van der Waals surface area contributed by atoms with Crippen LogP contribution in [0.3, 0.4) is 0 Å². The second-order valence-electron chi connectivity index (χ2n) is 2.94. The van der Waals surface area contributed by atoms with E-state index in [4.69, 9.17) is 5.11 Å². The lowest BCUT2D eigenvalue weighted by atomic mass is 10.0. The molecule has 1 saturated heterocycles. The van der Waals surface area contributed by atoms with Crippen LogP contribution >= 0.6 is 0 Å². The highest BCUT2D eigenvalue weighted by Crippen LogP contribution is 2.13. The fourth-order valence-corrected chi connectivity index (χ4v) is 1.30. The summed E-state index contributed by atoms with van der Waals surface area (Å²) in [5.74, 6) is 0.892. The van der Waals surface area contributed by atoms with Gasteiger partial charge < -0.3 is 10.0 Å². The Bertz CT molecular complexity index is 79.0. The van der Waals surface area contributed by atoms with Gasteiger partial charge in [-0.05, 0) is 12.3 Å². The lowest BCUT2D eigenvalue weighted by Crippen LogP contribution is -2.45. The maximum atomic E-state index is 8.47. The van der Waals surface area contributed by atoms with E-state index in [-0.39, 0.29) is 0 Å². The van der Waals surface area contributed by atoms with Crippen molar-refractivity contribution in [1.29, 1.82) is 0 Å². The first-order valence-corrected chi connectivity index (χ1v) is 3.66. The summed E-state index contributed by atoms with van der Waals surface area (Å²) >= 11 is 0. The van der Waals surface area contributed by atoms with Crippen LogP contribution < -0.4 is 0 Å². The quantitative estimate of drug-likeness (QED) is 0.593. The van der Waals surface area contributed by atoms with E-state index in [1.165, 1.54) is 13.1 Å². The molecule has 0 aromatic rings. The van der Waals surface area contributed by atoms with Gasteiger partial charge in [0.15, 0.2) is 0 Å². The summed E-state index contributed by atoms with van der Waals surface area (Å²) in [7, 11) is 0. The van der Waals surface area contributed by atoms with Gasteiger partial charge in [0, 0.05) is 26.2 Å². The van der Waals surface area contributed by atoms with Crippen molar-refractivity contribution in [3.8, 4) is 0 Å². The van der Waals surface area contributed by atoms with Crippen LogP contribution in [-0.4, -0.2) is 36.2 Å². The molecule has 0 bridgehead atoms. The molecule has 1 fully saturated rings. The molecule has 0 atom stereocenters. The third kappa shape index (κ3) is 1.95. The molecule has 0 aromatic heterocycles. The van der Waals surface area contributed by atoms with Gasteiger partial charge in [-0.25, -0.2) is 0 Å². The minimum Gasteiger partial charge on any atom is -0.396 e. The smallest absolute Gasteiger partial charge is 0.0443 e. The zero-order valence-electron chi connectivity index (χ0n) is 6.01. The van der Waals surface area contributed by atoms with Gasteiger partial charge in [0.25, 0.3) is 0 Å². The molecule has 2 heteroatoms. The Morgan fingerprint density at radius 1 is 1.56 bits per heavy atom. The molecule has 0 radical (unpaired) electrons. The van der Waals surface area contributed by atoms with Crippen molar-refractivity contribution >= 4 is 0 Å². The Kier molecular flexibility index (Phi) is 2.49. The topological polar surface area (TPSA) is 23.5 Å². The maximum absolute atomic E-state index is 8.47. The largest absolute Gasteiger partial charge is 0.396 e. The second kappa shape index (κ2) is 3.18. The van der Waals surface area contributed by atoms with Crippen molar-refractivity contribution in [2.45, 2.75) is 13.3 Å². The van der Waals surface area contributed by atoms with Crippen molar-refractivity contribution in [1.82, 2.24) is 4.90 Å². The molecule has 54 valence electrons. The fourth-order valence-electron chi connectivity index (χ4n) is 1.30. The molecule has 0 spiro atoms. The van der Waals surface area contributed by atoms with Crippen molar-refractivity contribution in [3.63, 3.8) is 0 Å². The minimum atomic E-state index is 0.338.